The molecular weight excluding hydrogens is 311 g/mol. The van der Waals surface area contributed by atoms with E-state index in [-0.39, 0.29) is 19.0 Å². The average molecular weight is 330 g/mol. The van der Waals surface area contributed by atoms with Crippen molar-refractivity contribution >= 4 is 12.3 Å². The molecule has 0 radical (unpaired) electrons. The highest BCUT2D eigenvalue weighted by Crippen LogP contribution is 2.32. The van der Waals surface area contributed by atoms with Crippen LogP contribution in [-0.2, 0) is 9.53 Å². The van der Waals surface area contributed by atoms with Crippen molar-refractivity contribution in [3.8, 4) is 16.9 Å². The van der Waals surface area contributed by atoms with Crippen LogP contribution in [0, 0.1) is 19.7 Å². The topological polar surface area (TPSA) is 52.6 Å². The molecule has 2 aromatic carbocycles. The summed E-state index contributed by atoms with van der Waals surface area (Å²) in [6, 6.07) is 8.35. The number of carbonyl (C=O) groups excluding carboxylic acids is 2. The van der Waals surface area contributed by atoms with Gasteiger partial charge in [0.2, 0.25) is 0 Å². The first-order chi connectivity index (χ1) is 11.4. The van der Waals surface area contributed by atoms with E-state index in [4.69, 9.17) is 9.47 Å². The summed E-state index contributed by atoms with van der Waals surface area (Å²) in [5, 5.41) is 0. The standard InChI is InChI=1S/C19H19FO4/c1-12-9-19(24-8-7-23-14(3)22)18(20)10-17(12)16-6-4-5-15(11-21)13(16)2/h4-6,9-11H,7-8H2,1-3H3. The highest BCUT2D eigenvalue weighted by Gasteiger charge is 2.13. The van der Waals surface area contributed by atoms with E-state index in [0.717, 1.165) is 23.0 Å². The first-order valence-corrected chi connectivity index (χ1v) is 7.55. The van der Waals surface area contributed by atoms with Crippen molar-refractivity contribution in [3.63, 3.8) is 0 Å². The maximum Gasteiger partial charge on any atom is 0.302 e. The van der Waals surface area contributed by atoms with Crippen LogP contribution in [0.3, 0.4) is 0 Å². The number of carbonyl (C=O) groups is 2. The molecule has 24 heavy (non-hydrogen) atoms. The van der Waals surface area contributed by atoms with E-state index >= 15 is 0 Å². The number of hydrogen-bond donors (Lipinski definition) is 0. The number of esters is 1. The minimum atomic E-state index is -0.505. The molecule has 4 nitrogen and oxygen atoms in total. The van der Waals surface area contributed by atoms with Crippen LogP contribution >= 0.6 is 0 Å². The lowest BCUT2D eigenvalue weighted by Gasteiger charge is -2.14. The molecule has 2 rings (SSSR count). The van der Waals surface area contributed by atoms with Gasteiger partial charge in [0.1, 0.15) is 19.5 Å². The predicted molar refractivity (Wildman–Crippen MR) is 88.8 cm³/mol. The smallest absolute Gasteiger partial charge is 0.302 e. The zero-order chi connectivity index (χ0) is 17.7. The normalized spacial score (nSPS) is 10.3. The third-order valence-electron chi connectivity index (χ3n) is 3.72. The molecule has 0 aliphatic heterocycles. The maximum atomic E-state index is 14.3. The van der Waals surface area contributed by atoms with E-state index < -0.39 is 11.8 Å². The molecule has 0 spiro atoms. The summed E-state index contributed by atoms with van der Waals surface area (Å²) in [6.45, 7) is 5.13. The minimum Gasteiger partial charge on any atom is -0.487 e. The Morgan fingerprint density at radius 1 is 1.17 bits per heavy atom. The number of ether oxygens (including phenoxy) is 2. The number of halogens is 1. The molecule has 2 aromatic rings. The van der Waals surface area contributed by atoms with Crippen LogP contribution < -0.4 is 4.74 Å². The van der Waals surface area contributed by atoms with E-state index in [1.807, 2.05) is 19.9 Å². The Morgan fingerprint density at radius 2 is 1.92 bits per heavy atom. The number of rotatable bonds is 6. The molecule has 0 aliphatic rings. The second-order valence-electron chi connectivity index (χ2n) is 5.42. The van der Waals surface area contributed by atoms with Gasteiger partial charge in [-0.25, -0.2) is 4.39 Å². The fraction of sp³-hybridized carbons (Fsp3) is 0.263. The lowest BCUT2D eigenvalue weighted by molar-refractivity contribution is -0.141. The van der Waals surface area contributed by atoms with Crippen molar-refractivity contribution in [3.05, 3.63) is 52.8 Å². The highest BCUT2D eigenvalue weighted by atomic mass is 19.1. The van der Waals surface area contributed by atoms with Crippen molar-refractivity contribution in [2.24, 2.45) is 0 Å². The Labute approximate surface area is 140 Å². The Kier molecular flexibility index (Phi) is 5.68. The molecule has 0 aliphatic carbocycles. The lowest BCUT2D eigenvalue weighted by atomic mass is 9.94. The van der Waals surface area contributed by atoms with Crippen LogP contribution in [0.5, 0.6) is 5.75 Å². The van der Waals surface area contributed by atoms with Crippen molar-refractivity contribution in [1.82, 2.24) is 0 Å². The largest absolute Gasteiger partial charge is 0.487 e. The first-order valence-electron chi connectivity index (χ1n) is 7.55. The van der Waals surface area contributed by atoms with Gasteiger partial charge in [-0.3, -0.25) is 9.59 Å². The van der Waals surface area contributed by atoms with Gasteiger partial charge in [-0.2, -0.15) is 0 Å². The monoisotopic (exact) mass is 330 g/mol. The molecule has 0 atom stereocenters. The van der Waals surface area contributed by atoms with Gasteiger partial charge in [0.25, 0.3) is 0 Å². The third kappa shape index (κ3) is 3.98. The molecule has 0 unspecified atom stereocenters. The summed E-state index contributed by atoms with van der Waals surface area (Å²) in [5.41, 5.74) is 3.72. The van der Waals surface area contributed by atoms with Gasteiger partial charge in [-0.15, -0.1) is 0 Å². The van der Waals surface area contributed by atoms with Crippen molar-refractivity contribution in [1.29, 1.82) is 0 Å². The van der Waals surface area contributed by atoms with Crippen molar-refractivity contribution in [2.45, 2.75) is 20.8 Å². The van der Waals surface area contributed by atoms with Crippen LogP contribution in [0.4, 0.5) is 4.39 Å². The van der Waals surface area contributed by atoms with Crippen LogP contribution in [-0.4, -0.2) is 25.5 Å². The number of benzene rings is 2. The van der Waals surface area contributed by atoms with Crippen LogP contribution in [0.25, 0.3) is 11.1 Å². The molecule has 0 aromatic heterocycles. The van der Waals surface area contributed by atoms with E-state index in [1.165, 1.54) is 13.0 Å². The van der Waals surface area contributed by atoms with Crippen molar-refractivity contribution in [2.75, 3.05) is 13.2 Å². The molecule has 126 valence electrons. The Hall–Kier alpha value is -2.69. The molecule has 0 N–H and O–H groups in total. The molecule has 0 saturated heterocycles. The summed E-state index contributed by atoms with van der Waals surface area (Å²) in [6.07, 6.45) is 0.789. The molecule has 0 saturated carbocycles. The summed E-state index contributed by atoms with van der Waals surface area (Å²) in [5.74, 6) is -0.807. The second-order valence-corrected chi connectivity index (χ2v) is 5.42. The summed E-state index contributed by atoms with van der Waals surface area (Å²) in [4.78, 5) is 21.8. The fourth-order valence-corrected chi connectivity index (χ4v) is 2.47. The molecule has 0 fully saturated rings. The molecule has 0 amide bonds. The fourth-order valence-electron chi connectivity index (χ4n) is 2.47. The van der Waals surface area contributed by atoms with Crippen LogP contribution in [0.2, 0.25) is 0 Å². The summed E-state index contributed by atoms with van der Waals surface area (Å²) >= 11 is 0. The average Bonchev–Trinajstić information content (AvgIpc) is 2.54. The van der Waals surface area contributed by atoms with Crippen molar-refractivity contribution < 1.29 is 23.5 Å². The maximum absolute atomic E-state index is 14.3. The van der Waals surface area contributed by atoms with Gasteiger partial charge < -0.3 is 9.47 Å². The molecule has 0 bridgehead atoms. The number of aryl methyl sites for hydroxylation is 1. The zero-order valence-corrected chi connectivity index (χ0v) is 13.9. The van der Waals surface area contributed by atoms with E-state index in [9.17, 15) is 14.0 Å². The quantitative estimate of drug-likeness (QED) is 0.458. The SMILES string of the molecule is CC(=O)OCCOc1cc(C)c(-c2cccc(C=O)c2C)cc1F. The van der Waals surface area contributed by atoms with Gasteiger partial charge in [0.05, 0.1) is 0 Å². The molecular formula is C19H19FO4. The Balaban J connectivity index is 2.27. The zero-order valence-electron chi connectivity index (χ0n) is 13.9. The van der Waals surface area contributed by atoms with E-state index in [0.29, 0.717) is 11.1 Å². The highest BCUT2D eigenvalue weighted by molar-refractivity contribution is 5.83. The summed E-state index contributed by atoms with van der Waals surface area (Å²) < 4.78 is 24.4. The Morgan fingerprint density at radius 3 is 2.58 bits per heavy atom. The molecule has 0 heterocycles. The van der Waals surface area contributed by atoms with E-state index in [1.54, 1.807) is 18.2 Å². The molecule has 5 heteroatoms. The van der Waals surface area contributed by atoms with E-state index in [2.05, 4.69) is 0 Å². The number of aldehydes is 1. The van der Waals surface area contributed by atoms with Gasteiger partial charge in [-0.05, 0) is 48.2 Å². The first kappa shape index (κ1) is 17.7. The second kappa shape index (κ2) is 7.73. The number of hydrogen-bond acceptors (Lipinski definition) is 4. The third-order valence-corrected chi connectivity index (χ3v) is 3.72. The Bertz CT molecular complexity index is 768. The van der Waals surface area contributed by atoms with Gasteiger partial charge >= 0.3 is 5.97 Å². The van der Waals surface area contributed by atoms with Gasteiger partial charge in [-0.1, -0.05) is 18.2 Å². The van der Waals surface area contributed by atoms with Gasteiger partial charge in [0.15, 0.2) is 11.6 Å². The predicted octanol–water partition coefficient (Wildman–Crippen LogP) is 3.86. The lowest BCUT2D eigenvalue weighted by Crippen LogP contribution is -2.10. The minimum absolute atomic E-state index is 0.0655. The van der Waals surface area contributed by atoms with Crippen LogP contribution in [0.1, 0.15) is 28.4 Å². The van der Waals surface area contributed by atoms with Gasteiger partial charge in [0, 0.05) is 12.5 Å². The summed E-state index contributed by atoms with van der Waals surface area (Å²) in [7, 11) is 0. The van der Waals surface area contributed by atoms with Crippen LogP contribution in [0.15, 0.2) is 30.3 Å².